The SMILES string of the molecule is CCOc1ccc(Cl)cc1C[NH2+]CCc1ccc(F)cc1. The van der Waals surface area contributed by atoms with E-state index in [0.717, 1.165) is 41.4 Å². The van der Waals surface area contributed by atoms with Crippen molar-refractivity contribution in [3.63, 3.8) is 0 Å². The third-order valence-corrected chi connectivity index (χ3v) is 3.47. The molecular formula is C17H20ClFNO+. The number of ether oxygens (including phenoxy) is 1. The average Bonchev–Trinajstić information content (AvgIpc) is 2.48. The molecule has 0 spiro atoms. The zero-order chi connectivity index (χ0) is 15.1. The molecule has 0 aliphatic rings. The fourth-order valence-electron chi connectivity index (χ4n) is 2.18. The summed E-state index contributed by atoms with van der Waals surface area (Å²) in [6, 6.07) is 12.4. The van der Waals surface area contributed by atoms with Gasteiger partial charge in [-0.05, 0) is 42.8 Å². The largest absolute Gasteiger partial charge is 0.493 e. The number of hydrogen-bond acceptors (Lipinski definition) is 1. The fraction of sp³-hybridized carbons (Fsp3) is 0.294. The van der Waals surface area contributed by atoms with Crippen molar-refractivity contribution in [2.24, 2.45) is 0 Å². The molecule has 2 aromatic rings. The first-order valence-corrected chi connectivity index (χ1v) is 7.54. The molecule has 0 amide bonds. The Morgan fingerprint density at radius 2 is 1.90 bits per heavy atom. The maximum atomic E-state index is 12.8. The van der Waals surface area contributed by atoms with Gasteiger partial charge in [-0.3, -0.25) is 0 Å². The first-order chi connectivity index (χ1) is 10.2. The summed E-state index contributed by atoms with van der Waals surface area (Å²) in [7, 11) is 0. The monoisotopic (exact) mass is 308 g/mol. The number of hydrogen-bond donors (Lipinski definition) is 1. The second kappa shape index (κ2) is 8.01. The van der Waals surface area contributed by atoms with E-state index < -0.39 is 0 Å². The van der Waals surface area contributed by atoms with Gasteiger partial charge < -0.3 is 10.1 Å². The van der Waals surface area contributed by atoms with Crippen molar-refractivity contribution in [1.29, 1.82) is 0 Å². The van der Waals surface area contributed by atoms with Crippen LogP contribution in [0, 0.1) is 5.82 Å². The summed E-state index contributed by atoms with van der Waals surface area (Å²) in [5, 5.41) is 2.93. The molecule has 0 aromatic heterocycles. The molecular weight excluding hydrogens is 289 g/mol. The van der Waals surface area contributed by atoms with Gasteiger partial charge in [0.25, 0.3) is 0 Å². The van der Waals surface area contributed by atoms with E-state index in [4.69, 9.17) is 16.3 Å². The Bertz CT molecular complexity index is 572. The number of quaternary nitrogens is 1. The van der Waals surface area contributed by atoms with Gasteiger partial charge in [0.2, 0.25) is 0 Å². The predicted molar refractivity (Wildman–Crippen MR) is 83.2 cm³/mol. The van der Waals surface area contributed by atoms with E-state index in [2.05, 4.69) is 5.32 Å². The second-order valence-corrected chi connectivity index (χ2v) is 5.28. The molecule has 0 aliphatic heterocycles. The number of nitrogens with two attached hydrogens (primary N) is 1. The molecule has 0 saturated heterocycles. The Kier molecular flexibility index (Phi) is 6.03. The van der Waals surface area contributed by atoms with Crippen molar-refractivity contribution in [3.8, 4) is 5.75 Å². The van der Waals surface area contributed by atoms with Gasteiger partial charge in [0.1, 0.15) is 18.1 Å². The topological polar surface area (TPSA) is 25.8 Å². The zero-order valence-corrected chi connectivity index (χ0v) is 12.9. The van der Waals surface area contributed by atoms with Gasteiger partial charge in [-0.15, -0.1) is 0 Å². The van der Waals surface area contributed by atoms with Gasteiger partial charge in [-0.25, -0.2) is 4.39 Å². The average molecular weight is 309 g/mol. The number of halogens is 2. The Balaban J connectivity index is 1.85. The third kappa shape index (κ3) is 5.03. The Morgan fingerprint density at radius 1 is 1.14 bits per heavy atom. The molecule has 0 radical (unpaired) electrons. The predicted octanol–water partition coefficient (Wildman–Crippen LogP) is 3.18. The number of rotatable bonds is 7. The highest BCUT2D eigenvalue weighted by atomic mass is 35.5. The molecule has 0 heterocycles. The van der Waals surface area contributed by atoms with Crippen LogP contribution >= 0.6 is 11.6 Å². The lowest BCUT2D eigenvalue weighted by atomic mass is 10.1. The molecule has 0 aliphatic carbocycles. The summed E-state index contributed by atoms with van der Waals surface area (Å²) in [6.45, 7) is 4.36. The van der Waals surface area contributed by atoms with Crippen molar-refractivity contribution >= 4 is 11.6 Å². The van der Waals surface area contributed by atoms with Crippen LogP contribution < -0.4 is 10.1 Å². The summed E-state index contributed by atoms with van der Waals surface area (Å²) in [5.41, 5.74) is 2.24. The van der Waals surface area contributed by atoms with E-state index in [9.17, 15) is 4.39 Å². The van der Waals surface area contributed by atoms with E-state index in [1.165, 1.54) is 12.1 Å². The van der Waals surface area contributed by atoms with Crippen molar-refractivity contribution in [2.75, 3.05) is 13.2 Å². The molecule has 2 rings (SSSR count). The molecule has 112 valence electrons. The minimum absolute atomic E-state index is 0.192. The third-order valence-electron chi connectivity index (χ3n) is 3.24. The minimum atomic E-state index is -0.192. The van der Waals surface area contributed by atoms with Crippen molar-refractivity contribution in [1.82, 2.24) is 0 Å². The van der Waals surface area contributed by atoms with E-state index in [1.54, 1.807) is 0 Å². The van der Waals surface area contributed by atoms with Crippen LogP contribution in [-0.2, 0) is 13.0 Å². The molecule has 2 nitrogen and oxygen atoms in total. The lowest BCUT2D eigenvalue weighted by Crippen LogP contribution is -2.83. The standard InChI is InChI=1S/C17H19ClFNO/c1-2-21-17-8-5-15(18)11-14(17)12-20-10-9-13-3-6-16(19)7-4-13/h3-8,11,20H,2,9-10,12H2,1H3/p+1. The van der Waals surface area contributed by atoms with Crippen LogP contribution in [0.2, 0.25) is 5.02 Å². The maximum Gasteiger partial charge on any atom is 0.128 e. The van der Waals surface area contributed by atoms with Crippen LogP contribution in [-0.4, -0.2) is 13.2 Å². The lowest BCUT2D eigenvalue weighted by Gasteiger charge is -2.10. The molecule has 0 bridgehead atoms. The molecule has 21 heavy (non-hydrogen) atoms. The molecule has 2 N–H and O–H groups in total. The summed E-state index contributed by atoms with van der Waals surface area (Å²) in [6.07, 6.45) is 0.908. The van der Waals surface area contributed by atoms with Crippen LogP contribution in [0.3, 0.4) is 0 Å². The van der Waals surface area contributed by atoms with Gasteiger partial charge in [-0.2, -0.15) is 0 Å². The van der Waals surface area contributed by atoms with Crippen LogP contribution in [0.5, 0.6) is 5.75 Å². The summed E-state index contributed by atoms with van der Waals surface area (Å²) < 4.78 is 18.4. The summed E-state index contributed by atoms with van der Waals surface area (Å²) >= 11 is 6.04. The molecule has 4 heteroatoms. The van der Waals surface area contributed by atoms with Gasteiger partial charge in [0, 0.05) is 17.0 Å². The van der Waals surface area contributed by atoms with E-state index >= 15 is 0 Å². The van der Waals surface area contributed by atoms with Crippen LogP contribution in [0.15, 0.2) is 42.5 Å². The van der Waals surface area contributed by atoms with Gasteiger partial charge in [0.15, 0.2) is 0 Å². The van der Waals surface area contributed by atoms with Crippen LogP contribution in [0.25, 0.3) is 0 Å². The Morgan fingerprint density at radius 3 is 2.62 bits per heavy atom. The summed E-state index contributed by atoms with van der Waals surface area (Å²) in [4.78, 5) is 0. The second-order valence-electron chi connectivity index (χ2n) is 4.84. The Hall–Kier alpha value is -1.58. The molecule has 0 unspecified atom stereocenters. The highest BCUT2D eigenvalue weighted by Crippen LogP contribution is 2.22. The van der Waals surface area contributed by atoms with Crippen molar-refractivity contribution < 1.29 is 14.4 Å². The highest BCUT2D eigenvalue weighted by Gasteiger charge is 2.06. The molecule has 0 atom stereocenters. The van der Waals surface area contributed by atoms with Gasteiger partial charge in [-0.1, -0.05) is 23.7 Å². The van der Waals surface area contributed by atoms with E-state index in [-0.39, 0.29) is 5.82 Å². The van der Waals surface area contributed by atoms with Gasteiger partial charge in [0.05, 0.1) is 13.2 Å². The lowest BCUT2D eigenvalue weighted by molar-refractivity contribution is -0.670. The smallest absolute Gasteiger partial charge is 0.128 e. The molecule has 2 aromatic carbocycles. The van der Waals surface area contributed by atoms with Crippen LogP contribution in [0.4, 0.5) is 4.39 Å². The quantitative estimate of drug-likeness (QED) is 0.781. The first kappa shape index (κ1) is 15.8. The normalized spacial score (nSPS) is 10.6. The summed E-state index contributed by atoms with van der Waals surface area (Å²) in [5.74, 6) is 0.697. The van der Waals surface area contributed by atoms with Crippen molar-refractivity contribution in [3.05, 3.63) is 64.4 Å². The Labute approximate surface area is 129 Å². The number of benzene rings is 2. The minimum Gasteiger partial charge on any atom is -0.493 e. The van der Waals surface area contributed by atoms with Crippen molar-refractivity contribution in [2.45, 2.75) is 19.9 Å². The van der Waals surface area contributed by atoms with E-state index in [0.29, 0.717) is 6.61 Å². The zero-order valence-electron chi connectivity index (χ0n) is 12.1. The molecule has 0 saturated carbocycles. The van der Waals surface area contributed by atoms with Gasteiger partial charge >= 0.3 is 0 Å². The fourth-order valence-corrected chi connectivity index (χ4v) is 2.38. The van der Waals surface area contributed by atoms with E-state index in [1.807, 2.05) is 37.3 Å². The maximum absolute atomic E-state index is 12.8. The highest BCUT2D eigenvalue weighted by molar-refractivity contribution is 6.30. The molecule has 0 fully saturated rings. The first-order valence-electron chi connectivity index (χ1n) is 7.16. The van der Waals surface area contributed by atoms with Crippen LogP contribution in [0.1, 0.15) is 18.1 Å².